The molecule has 0 amide bonds. The smallest absolute Gasteiger partial charge is 0.0543 e. The molecule has 2 heteroatoms. The zero-order valence-electron chi connectivity index (χ0n) is 32.5. The summed E-state index contributed by atoms with van der Waals surface area (Å²) in [5, 5.41) is 4.96. The van der Waals surface area contributed by atoms with Crippen LogP contribution in [0.1, 0.15) is 67.5 Å². The van der Waals surface area contributed by atoms with Crippen LogP contribution in [0, 0.1) is 0 Å². The summed E-state index contributed by atoms with van der Waals surface area (Å²) in [7, 11) is 0. The lowest BCUT2D eigenvalue weighted by molar-refractivity contribution is 0.597. The third-order valence-electron chi connectivity index (χ3n) is 13.0. The average Bonchev–Trinajstić information content (AvgIpc) is 3.23. The highest BCUT2D eigenvalue weighted by molar-refractivity contribution is 5.96. The SMILES string of the molecule is CC1(C)c2ccccc2N2c3ccc(-c4ccc5cc(N(c6ccc7c(c6)CCC=C7)c6ccc7ccccc7c6)ccc5c4)cc3C(C)(C)c3cccc1c32. The summed E-state index contributed by atoms with van der Waals surface area (Å²) >= 11 is 0. The van der Waals surface area contributed by atoms with Crippen LogP contribution in [0.5, 0.6) is 0 Å². The van der Waals surface area contributed by atoms with Gasteiger partial charge in [-0.15, -0.1) is 0 Å². The lowest BCUT2D eigenvalue weighted by atomic mass is 9.66. The molecule has 2 aliphatic heterocycles. The quantitative estimate of drug-likeness (QED) is 0.179. The first kappa shape index (κ1) is 33.0. The molecule has 1 aliphatic carbocycles. The van der Waals surface area contributed by atoms with Crippen molar-refractivity contribution in [2.45, 2.75) is 51.4 Å². The Labute approximate surface area is 330 Å². The molecule has 0 radical (unpaired) electrons. The number of rotatable bonds is 4. The molecular weight excluding hydrogens is 677 g/mol. The van der Waals surface area contributed by atoms with Crippen molar-refractivity contribution in [3.63, 3.8) is 0 Å². The van der Waals surface area contributed by atoms with Crippen molar-refractivity contribution < 1.29 is 0 Å². The fourth-order valence-corrected chi connectivity index (χ4v) is 9.94. The summed E-state index contributed by atoms with van der Waals surface area (Å²) in [6.45, 7) is 9.55. The van der Waals surface area contributed by atoms with Gasteiger partial charge in [0.2, 0.25) is 0 Å². The summed E-state index contributed by atoms with van der Waals surface area (Å²) in [4.78, 5) is 4.96. The second-order valence-electron chi connectivity index (χ2n) is 17.0. The molecule has 0 bridgehead atoms. The summed E-state index contributed by atoms with van der Waals surface area (Å²) < 4.78 is 0. The Morgan fingerprint density at radius 2 is 1.04 bits per heavy atom. The zero-order valence-corrected chi connectivity index (χ0v) is 32.5. The van der Waals surface area contributed by atoms with Gasteiger partial charge in [0.05, 0.1) is 17.1 Å². The highest BCUT2D eigenvalue weighted by atomic mass is 15.2. The molecule has 0 saturated carbocycles. The van der Waals surface area contributed by atoms with Crippen LogP contribution >= 0.6 is 0 Å². The first-order chi connectivity index (χ1) is 27.3. The largest absolute Gasteiger partial charge is 0.310 e. The molecule has 0 spiro atoms. The van der Waals surface area contributed by atoms with Crippen molar-refractivity contribution in [3.8, 4) is 11.1 Å². The third kappa shape index (κ3) is 4.88. The molecule has 270 valence electrons. The van der Waals surface area contributed by atoms with Crippen LogP contribution in [-0.4, -0.2) is 0 Å². The first-order valence-corrected chi connectivity index (χ1v) is 20.1. The van der Waals surface area contributed by atoms with Crippen LogP contribution < -0.4 is 9.80 Å². The van der Waals surface area contributed by atoms with Crippen LogP contribution in [0.3, 0.4) is 0 Å². The molecule has 2 nitrogen and oxygen atoms in total. The number of benzene rings is 8. The van der Waals surface area contributed by atoms with Gasteiger partial charge in [-0.3, -0.25) is 0 Å². The summed E-state index contributed by atoms with van der Waals surface area (Å²) in [6.07, 6.45) is 6.71. The summed E-state index contributed by atoms with van der Waals surface area (Å²) in [5.74, 6) is 0. The number of nitrogens with zero attached hydrogens (tertiary/aromatic N) is 2. The minimum Gasteiger partial charge on any atom is -0.310 e. The van der Waals surface area contributed by atoms with Crippen molar-refractivity contribution in [1.82, 2.24) is 0 Å². The molecule has 56 heavy (non-hydrogen) atoms. The fraction of sp³-hybridized carbons (Fsp3) is 0.148. The van der Waals surface area contributed by atoms with E-state index in [4.69, 9.17) is 0 Å². The number of fused-ring (bicyclic) bond motifs is 7. The van der Waals surface area contributed by atoms with Crippen molar-refractivity contribution in [3.05, 3.63) is 197 Å². The molecule has 3 aliphatic rings. The highest BCUT2D eigenvalue weighted by Gasteiger charge is 2.45. The van der Waals surface area contributed by atoms with E-state index in [2.05, 4.69) is 207 Å². The molecule has 0 atom stereocenters. The predicted molar refractivity (Wildman–Crippen MR) is 238 cm³/mol. The van der Waals surface area contributed by atoms with E-state index in [-0.39, 0.29) is 10.8 Å². The second kappa shape index (κ2) is 12.1. The Bertz CT molecular complexity index is 2940. The van der Waals surface area contributed by atoms with Gasteiger partial charge in [0, 0.05) is 27.9 Å². The van der Waals surface area contributed by atoms with Crippen molar-refractivity contribution >= 4 is 61.7 Å². The lowest BCUT2D eigenvalue weighted by Gasteiger charge is -2.49. The third-order valence-corrected chi connectivity index (χ3v) is 13.0. The van der Waals surface area contributed by atoms with Crippen LogP contribution in [0.4, 0.5) is 34.1 Å². The Hall–Kier alpha value is -6.38. The summed E-state index contributed by atoms with van der Waals surface area (Å²) in [6, 6.07) is 59.4. The van der Waals surface area contributed by atoms with E-state index in [9.17, 15) is 0 Å². The van der Waals surface area contributed by atoms with Crippen molar-refractivity contribution in [2.75, 3.05) is 9.80 Å². The maximum atomic E-state index is 2.54. The Morgan fingerprint density at radius 3 is 1.86 bits per heavy atom. The minimum atomic E-state index is -0.166. The van der Waals surface area contributed by atoms with Crippen LogP contribution in [-0.2, 0) is 17.3 Å². The van der Waals surface area contributed by atoms with Gasteiger partial charge in [-0.05, 0) is 140 Å². The Kier molecular flexibility index (Phi) is 7.11. The Morgan fingerprint density at radius 1 is 0.464 bits per heavy atom. The van der Waals surface area contributed by atoms with E-state index in [0.717, 1.165) is 24.2 Å². The molecule has 0 N–H and O–H groups in total. The Balaban J connectivity index is 1.01. The van der Waals surface area contributed by atoms with Gasteiger partial charge in [0.25, 0.3) is 0 Å². The van der Waals surface area contributed by atoms with E-state index in [1.165, 1.54) is 88.8 Å². The number of anilines is 6. The van der Waals surface area contributed by atoms with Gasteiger partial charge >= 0.3 is 0 Å². The molecule has 11 rings (SSSR count). The van der Waals surface area contributed by atoms with Crippen molar-refractivity contribution in [1.29, 1.82) is 0 Å². The zero-order chi connectivity index (χ0) is 37.8. The maximum absolute atomic E-state index is 2.54. The number of hydrogen-bond acceptors (Lipinski definition) is 2. The van der Waals surface area contributed by atoms with E-state index in [1.807, 2.05) is 0 Å². The number of aryl methyl sites for hydroxylation is 1. The number of para-hydroxylation sites is 2. The monoisotopic (exact) mass is 720 g/mol. The van der Waals surface area contributed by atoms with Crippen LogP contribution in [0.15, 0.2) is 164 Å². The van der Waals surface area contributed by atoms with Gasteiger partial charge in [0.15, 0.2) is 0 Å². The van der Waals surface area contributed by atoms with E-state index in [0.29, 0.717) is 0 Å². The van der Waals surface area contributed by atoms with Gasteiger partial charge in [0.1, 0.15) is 0 Å². The average molecular weight is 721 g/mol. The standard InChI is InChI=1S/C54H44N2/c1-53(2)46-16-9-10-19-50(46)56-51-29-25-42(34-49(51)54(3,4)48-18-11-17-47(53)52(48)56)39-20-21-41-33-45(28-24-40(41)30-39)55(43-26-22-35-12-5-7-14-37(35)31-43)44-27-23-36-13-6-8-15-38(36)32-44/h5-7,9-14,16-34H,8,15H2,1-4H3. The van der Waals surface area contributed by atoms with E-state index < -0.39 is 0 Å². The van der Waals surface area contributed by atoms with Crippen LogP contribution in [0.2, 0.25) is 0 Å². The molecule has 8 aromatic rings. The topological polar surface area (TPSA) is 6.48 Å². The molecule has 0 aromatic heterocycles. The second-order valence-corrected chi connectivity index (χ2v) is 17.0. The number of allylic oxidation sites excluding steroid dienone is 1. The molecular formula is C54H44N2. The van der Waals surface area contributed by atoms with E-state index in [1.54, 1.807) is 0 Å². The van der Waals surface area contributed by atoms with Crippen molar-refractivity contribution in [2.24, 2.45) is 0 Å². The minimum absolute atomic E-state index is 0.0818. The normalized spacial score (nSPS) is 15.5. The molecule has 8 aromatic carbocycles. The van der Waals surface area contributed by atoms with Crippen LogP contribution in [0.25, 0.3) is 38.7 Å². The highest BCUT2D eigenvalue weighted by Crippen LogP contribution is 2.60. The number of hydrogen-bond donors (Lipinski definition) is 0. The maximum Gasteiger partial charge on any atom is 0.0543 e. The molecule has 0 saturated heterocycles. The summed E-state index contributed by atoms with van der Waals surface area (Å²) in [5.41, 5.74) is 17.9. The van der Waals surface area contributed by atoms with Gasteiger partial charge < -0.3 is 9.80 Å². The fourth-order valence-electron chi connectivity index (χ4n) is 9.94. The van der Waals surface area contributed by atoms with Gasteiger partial charge in [-0.1, -0.05) is 137 Å². The first-order valence-electron chi connectivity index (χ1n) is 20.1. The van der Waals surface area contributed by atoms with Gasteiger partial charge in [-0.25, -0.2) is 0 Å². The van der Waals surface area contributed by atoms with E-state index >= 15 is 0 Å². The molecule has 2 heterocycles. The lowest BCUT2D eigenvalue weighted by Crippen LogP contribution is -2.38. The molecule has 0 fully saturated rings. The molecule has 0 unspecified atom stereocenters. The predicted octanol–water partition coefficient (Wildman–Crippen LogP) is 14.8. The van der Waals surface area contributed by atoms with Gasteiger partial charge in [-0.2, -0.15) is 0 Å².